The van der Waals surface area contributed by atoms with Crippen molar-refractivity contribution in [3.63, 3.8) is 0 Å². The highest BCUT2D eigenvalue weighted by Gasteiger charge is 2.25. The number of aliphatic hydroxyl groups excluding tert-OH is 1. The highest BCUT2D eigenvalue weighted by atomic mass is 16.3. The summed E-state index contributed by atoms with van der Waals surface area (Å²) in [6, 6.07) is 0.593. The molecule has 0 aliphatic carbocycles. The van der Waals surface area contributed by atoms with E-state index in [0.717, 1.165) is 19.5 Å². The van der Waals surface area contributed by atoms with E-state index in [9.17, 15) is 5.11 Å². The summed E-state index contributed by atoms with van der Waals surface area (Å²) in [5.74, 6) is 0. The second kappa shape index (κ2) is 3.35. The maximum Gasteiger partial charge on any atom is 0.0682 e. The minimum Gasteiger partial charge on any atom is -0.392 e. The lowest BCUT2D eigenvalue weighted by atomic mass is 10.2. The van der Waals surface area contributed by atoms with Crippen molar-refractivity contribution in [3.8, 4) is 0 Å². The summed E-state index contributed by atoms with van der Waals surface area (Å²) in [5.41, 5.74) is 0. The van der Waals surface area contributed by atoms with Crippen molar-refractivity contribution < 1.29 is 5.11 Å². The maximum absolute atomic E-state index is 9.25. The van der Waals surface area contributed by atoms with Crippen LogP contribution in [0.5, 0.6) is 0 Å². The van der Waals surface area contributed by atoms with Gasteiger partial charge in [-0.05, 0) is 26.3 Å². The Morgan fingerprint density at radius 2 is 2.30 bits per heavy atom. The molecule has 1 aliphatic rings. The molecule has 0 radical (unpaired) electrons. The summed E-state index contributed by atoms with van der Waals surface area (Å²) in [5, 5.41) is 9.25. The van der Waals surface area contributed by atoms with E-state index in [4.69, 9.17) is 0 Å². The van der Waals surface area contributed by atoms with Gasteiger partial charge in [0.25, 0.3) is 0 Å². The van der Waals surface area contributed by atoms with Gasteiger partial charge in [-0.15, -0.1) is 0 Å². The smallest absolute Gasteiger partial charge is 0.0682 e. The minimum atomic E-state index is -0.0680. The van der Waals surface area contributed by atoms with Crippen LogP contribution in [0.3, 0.4) is 0 Å². The Labute approximate surface area is 62.8 Å². The first-order valence-electron chi connectivity index (χ1n) is 4.16. The molecular formula is C8H17NO. The molecule has 0 spiro atoms. The number of rotatable bonds is 2. The SMILES string of the molecule is CCCN1CC(O)CC1C. The van der Waals surface area contributed by atoms with Crippen LogP contribution in [0, 0.1) is 0 Å². The van der Waals surface area contributed by atoms with E-state index in [-0.39, 0.29) is 6.10 Å². The van der Waals surface area contributed by atoms with E-state index in [1.54, 1.807) is 0 Å². The molecule has 1 aliphatic heterocycles. The molecule has 2 nitrogen and oxygen atoms in total. The van der Waals surface area contributed by atoms with Crippen LogP contribution >= 0.6 is 0 Å². The first-order valence-corrected chi connectivity index (χ1v) is 4.16. The van der Waals surface area contributed by atoms with Gasteiger partial charge in [0, 0.05) is 12.6 Å². The quantitative estimate of drug-likeness (QED) is 0.619. The Bertz CT molecular complexity index is 105. The molecule has 1 saturated heterocycles. The van der Waals surface area contributed by atoms with Gasteiger partial charge in [0.1, 0.15) is 0 Å². The third kappa shape index (κ3) is 1.70. The molecule has 0 aromatic rings. The number of β-amino-alcohol motifs (C(OH)–C–C–N with tert-alkyl or cyclic N) is 1. The van der Waals surface area contributed by atoms with Gasteiger partial charge >= 0.3 is 0 Å². The average Bonchev–Trinajstić information content (AvgIpc) is 2.13. The molecule has 10 heavy (non-hydrogen) atoms. The second-order valence-electron chi connectivity index (χ2n) is 3.23. The largest absolute Gasteiger partial charge is 0.392 e. The zero-order valence-electron chi connectivity index (χ0n) is 6.88. The Hall–Kier alpha value is -0.0800. The van der Waals surface area contributed by atoms with Crippen molar-refractivity contribution in [2.75, 3.05) is 13.1 Å². The monoisotopic (exact) mass is 143 g/mol. The number of nitrogens with zero attached hydrogens (tertiary/aromatic N) is 1. The first kappa shape index (κ1) is 8.02. The van der Waals surface area contributed by atoms with Crippen LogP contribution in [0.25, 0.3) is 0 Å². The van der Waals surface area contributed by atoms with Crippen LogP contribution in [0.15, 0.2) is 0 Å². The third-order valence-corrected chi connectivity index (χ3v) is 2.19. The molecule has 1 N–H and O–H groups in total. The topological polar surface area (TPSA) is 23.5 Å². The standard InChI is InChI=1S/C8H17NO/c1-3-4-9-6-8(10)5-7(9)2/h7-8,10H,3-6H2,1-2H3. The number of likely N-dealkylation sites (tertiary alicyclic amines) is 1. The van der Waals surface area contributed by atoms with Crippen LogP contribution < -0.4 is 0 Å². The van der Waals surface area contributed by atoms with Crippen molar-refractivity contribution in [2.24, 2.45) is 0 Å². The summed E-state index contributed by atoms with van der Waals surface area (Å²) in [6.07, 6.45) is 2.08. The third-order valence-electron chi connectivity index (χ3n) is 2.19. The van der Waals surface area contributed by atoms with Crippen LogP contribution in [0.1, 0.15) is 26.7 Å². The van der Waals surface area contributed by atoms with Crippen molar-refractivity contribution in [3.05, 3.63) is 0 Å². The lowest BCUT2D eigenvalue weighted by molar-refractivity contribution is 0.175. The molecule has 2 unspecified atom stereocenters. The molecule has 0 bridgehead atoms. The number of hydrogen-bond acceptors (Lipinski definition) is 2. The van der Waals surface area contributed by atoms with Crippen LogP contribution in [0.4, 0.5) is 0 Å². The van der Waals surface area contributed by atoms with Crippen LogP contribution in [-0.2, 0) is 0 Å². The fourth-order valence-electron chi connectivity index (χ4n) is 1.67. The van der Waals surface area contributed by atoms with Gasteiger partial charge in [0.15, 0.2) is 0 Å². The van der Waals surface area contributed by atoms with Crippen molar-refractivity contribution in [1.82, 2.24) is 4.90 Å². The molecule has 2 atom stereocenters. The van der Waals surface area contributed by atoms with E-state index >= 15 is 0 Å². The lowest BCUT2D eigenvalue weighted by Gasteiger charge is -2.18. The maximum atomic E-state index is 9.25. The van der Waals surface area contributed by atoms with Crippen molar-refractivity contribution in [1.29, 1.82) is 0 Å². The van der Waals surface area contributed by atoms with Gasteiger partial charge in [0.2, 0.25) is 0 Å². The highest BCUT2D eigenvalue weighted by molar-refractivity contribution is 4.81. The molecule has 0 amide bonds. The molecule has 1 rings (SSSR count). The fraction of sp³-hybridized carbons (Fsp3) is 1.00. The van der Waals surface area contributed by atoms with Gasteiger partial charge in [-0.3, -0.25) is 4.90 Å². The highest BCUT2D eigenvalue weighted by Crippen LogP contribution is 2.16. The Balaban J connectivity index is 2.31. The van der Waals surface area contributed by atoms with E-state index in [0.29, 0.717) is 6.04 Å². The summed E-state index contributed by atoms with van der Waals surface area (Å²) in [7, 11) is 0. The molecule has 1 heterocycles. The molecule has 60 valence electrons. The van der Waals surface area contributed by atoms with Gasteiger partial charge in [-0.1, -0.05) is 6.92 Å². The molecule has 0 aromatic heterocycles. The van der Waals surface area contributed by atoms with E-state index < -0.39 is 0 Å². The molecule has 1 fully saturated rings. The predicted octanol–water partition coefficient (Wildman–Crippen LogP) is 0.852. The van der Waals surface area contributed by atoms with E-state index in [2.05, 4.69) is 18.7 Å². The Kier molecular flexibility index (Phi) is 2.69. The molecule has 2 heteroatoms. The summed E-state index contributed by atoms with van der Waals surface area (Å²) >= 11 is 0. The van der Waals surface area contributed by atoms with Crippen LogP contribution in [0.2, 0.25) is 0 Å². The normalized spacial score (nSPS) is 35.1. The van der Waals surface area contributed by atoms with Gasteiger partial charge in [-0.25, -0.2) is 0 Å². The van der Waals surface area contributed by atoms with Gasteiger partial charge < -0.3 is 5.11 Å². The predicted molar refractivity (Wildman–Crippen MR) is 41.9 cm³/mol. The van der Waals surface area contributed by atoms with E-state index in [1.807, 2.05) is 0 Å². The van der Waals surface area contributed by atoms with Crippen LogP contribution in [-0.4, -0.2) is 35.2 Å². The Morgan fingerprint density at radius 1 is 1.60 bits per heavy atom. The van der Waals surface area contributed by atoms with E-state index in [1.165, 1.54) is 6.42 Å². The molecule has 0 saturated carbocycles. The molecule has 0 aromatic carbocycles. The second-order valence-corrected chi connectivity index (χ2v) is 3.23. The summed E-state index contributed by atoms with van der Waals surface area (Å²) in [4.78, 5) is 2.35. The zero-order valence-corrected chi connectivity index (χ0v) is 6.88. The lowest BCUT2D eigenvalue weighted by Crippen LogP contribution is -2.28. The minimum absolute atomic E-state index is 0.0680. The van der Waals surface area contributed by atoms with Gasteiger partial charge in [-0.2, -0.15) is 0 Å². The van der Waals surface area contributed by atoms with Crippen molar-refractivity contribution >= 4 is 0 Å². The number of hydrogen-bond donors (Lipinski definition) is 1. The number of aliphatic hydroxyl groups is 1. The van der Waals surface area contributed by atoms with Gasteiger partial charge in [0.05, 0.1) is 6.10 Å². The summed E-state index contributed by atoms with van der Waals surface area (Å²) < 4.78 is 0. The molecular weight excluding hydrogens is 126 g/mol. The summed E-state index contributed by atoms with van der Waals surface area (Å²) in [6.45, 7) is 6.39. The zero-order chi connectivity index (χ0) is 7.56. The average molecular weight is 143 g/mol. The van der Waals surface area contributed by atoms with Crippen molar-refractivity contribution in [2.45, 2.75) is 38.8 Å². The fourth-order valence-corrected chi connectivity index (χ4v) is 1.67. The Morgan fingerprint density at radius 3 is 2.70 bits per heavy atom. The first-order chi connectivity index (χ1) is 4.74.